The first-order valence-corrected chi connectivity index (χ1v) is 7.66. The highest BCUT2D eigenvalue weighted by atomic mass is 15.0. The van der Waals surface area contributed by atoms with Crippen LogP contribution in [0.5, 0.6) is 0 Å². The molecule has 19 heavy (non-hydrogen) atoms. The van der Waals surface area contributed by atoms with Crippen LogP contribution in [0.1, 0.15) is 44.6 Å². The molecule has 0 atom stereocenters. The van der Waals surface area contributed by atoms with E-state index in [1.807, 2.05) is 0 Å². The number of rotatable bonds is 2. The van der Waals surface area contributed by atoms with Gasteiger partial charge in [-0.2, -0.15) is 0 Å². The summed E-state index contributed by atoms with van der Waals surface area (Å²) >= 11 is 0. The molecule has 0 amide bonds. The third-order valence-electron chi connectivity index (χ3n) is 4.50. The monoisotopic (exact) mass is 256 g/mol. The maximum atomic E-state index is 3.46. The summed E-state index contributed by atoms with van der Waals surface area (Å²) in [5.41, 5.74) is 5.47. The molecule has 1 heterocycles. The molecule has 102 valence electrons. The molecule has 0 bridgehead atoms. The largest absolute Gasteiger partial charge is 0.382 e. The van der Waals surface area contributed by atoms with Gasteiger partial charge < -0.3 is 10.6 Å². The van der Waals surface area contributed by atoms with E-state index in [2.05, 4.69) is 41.8 Å². The standard InChI is InChI=1S/C17H24N2/c1-2-13-3-5-14(6-4-13)11-15-7-8-16-17(12-15)19-10-9-18-16/h7-8,11-13,18-19H,2-6,9-10H2,1H3. The van der Waals surface area contributed by atoms with Crippen molar-refractivity contribution in [1.29, 1.82) is 0 Å². The van der Waals surface area contributed by atoms with Gasteiger partial charge in [0.1, 0.15) is 0 Å². The first-order chi connectivity index (χ1) is 9.35. The third kappa shape index (κ3) is 2.94. The Balaban J connectivity index is 1.73. The van der Waals surface area contributed by atoms with E-state index in [1.165, 1.54) is 49.0 Å². The van der Waals surface area contributed by atoms with Gasteiger partial charge in [0, 0.05) is 13.1 Å². The molecule has 1 fully saturated rings. The Hall–Kier alpha value is -1.44. The first kappa shape index (κ1) is 12.6. The van der Waals surface area contributed by atoms with Crippen molar-refractivity contribution in [2.75, 3.05) is 23.7 Å². The quantitative estimate of drug-likeness (QED) is 0.813. The number of fused-ring (bicyclic) bond motifs is 1. The van der Waals surface area contributed by atoms with Crippen molar-refractivity contribution in [1.82, 2.24) is 0 Å². The highest BCUT2D eigenvalue weighted by molar-refractivity contribution is 5.74. The fourth-order valence-electron chi connectivity index (χ4n) is 3.18. The van der Waals surface area contributed by atoms with Crippen molar-refractivity contribution in [3.05, 3.63) is 29.3 Å². The molecular formula is C17H24N2. The summed E-state index contributed by atoms with van der Waals surface area (Å²) in [6.45, 7) is 4.36. The topological polar surface area (TPSA) is 24.1 Å². The zero-order chi connectivity index (χ0) is 13.1. The Morgan fingerprint density at radius 1 is 1.11 bits per heavy atom. The summed E-state index contributed by atoms with van der Waals surface area (Å²) in [5.74, 6) is 0.964. The molecule has 2 nitrogen and oxygen atoms in total. The van der Waals surface area contributed by atoms with E-state index in [0.717, 1.165) is 19.0 Å². The lowest BCUT2D eigenvalue weighted by Crippen LogP contribution is -2.20. The van der Waals surface area contributed by atoms with E-state index in [0.29, 0.717) is 0 Å². The summed E-state index contributed by atoms with van der Waals surface area (Å²) in [5, 5.41) is 6.89. The van der Waals surface area contributed by atoms with Crippen LogP contribution >= 0.6 is 0 Å². The van der Waals surface area contributed by atoms with E-state index in [1.54, 1.807) is 5.57 Å². The van der Waals surface area contributed by atoms with Crippen molar-refractivity contribution in [3.63, 3.8) is 0 Å². The Bertz CT molecular complexity index is 466. The zero-order valence-corrected chi connectivity index (χ0v) is 11.8. The minimum Gasteiger partial charge on any atom is -0.382 e. The van der Waals surface area contributed by atoms with Crippen molar-refractivity contribution in [2.24, 2.45) is 5.92 Å². The summed E-state index contributed by atoms with van der Waals surface area (Å²) in [7, 11) is 0. The van der Waals surface area contributed by atoms with Crippen LogP contribution in [0.2, 0.25) is 0 Å². The number of nitrogens with one attached hydrogen (secondary N) is 2. The molecule has 0 saturated heterocycles. The van der Waals surface area contributed by atoms with Crippen LogP contribution in [0.15, 0.2) is 23.8 Å². The molecule has 2 heteroatoms. The second kappa shape index (κ2) is 5.68. The lowest BCUT2D eigenvalue weighted by atomic mass is 9.84. The van der Waals surface area contributed by atoms with Crippen LogP contribution in [0, 0.1) is 5.92 Å². The molecule has 2 aliphatic rings. The molecule has 1 aliphatic carbocycles. The van der Waals surface area contributed by atoms with E-state index in [9.17, 15) is 0 Å². The molecule has 0 unspecified atom stereocenters. The first-order valence-electron chi connectivity index (χ1n) is 7.66. The summed E-state index contributed by atoms with van der Waals surface area (Å²) in [6, 6.07) is 6.71. The molecule has 0 radical (unpaired) electrons. The van der Waals surface area contributed by atoms with Gasteiger partial charge in [0.15, 0.2) is 0 Å². The Labute approximate surface area is 116 Å². The number of hydrogen-bond donors (Lipinski definition) is 2. The highest BCUT2D eigenvalue weighted by Gasteiger charge is 2.15. The molecule has 3 rings (SSSR count). The Morgan fingerprint density at radius 3 is 2.58 bits per heavy atom. The minimum absolute atomic E-state index is 0.964. The van der Waals surface area contributed by atoms with Crippen LogP contribution in [0.25, 0.3) is 6.08 Å². The van der Waals surface area contributed by atoms with Gasteiger partial charge in [-0.25, -0.2) is 0 Å². The average molecular weight is 256 g/mol. The van der Waals surface area contributed by atoms with E-state index >= 15 is 0 Å². The maximum absolute atomic E-state index is 3.46. The van der Waals surface area contributed by atoms with Crippen LogP contribution in [-0.2, 0) is 0 Å². The number of hydrogen-bond acceptors (Lipinski definition) is 2. The van der Waals surface area contributed by atoms with Gasteiger partial charge in [-0.1, -0.05) is 31.1 Å². The number of anilines is 2. The van der Waals surface area contributed by atoms with Gasteiger partial charge in [0.25, 0.3) is 0 Å². The smallest absolute Gasteiger partial charge is 0.0582 e. The second-order valence-electron chi connectivity index (χ2n) is 5.81. The zero-order valence-electron chi connectivity index (χ0n) is 11.8. The minimum atomic E-state index is 0.964. The third-order valence-corrected chi connectivity index (χ3v) is 4.50. The molecule has 0 aromatic heterocycles. The molecular weight excluding hydrogens is 232 g/mol. The second-order valence-corrected chi connectivity index (χ2v) is 5.81. The highest BCUT2D eigenvalue weighted by Crippen LogP contribution is 2.32. The van der Waals surface area contributed by atoms with E-state index in [4.69, 9.17) is 0 Å². The van der Waals surface area contributed by atoms with Gasteiger partial charge in [0.2, 0.25) is 0 Å². The predicted octanol–water partition coefficient (Wildman–Crippen LogP) is 4.51. The fourth-order valence-corrected chi connectivity index (χ4v) is 3.18. The van der Waals surface area contributed by atoms with Gasteiger partial charge >= 0.3 is 0 Å². The summed E-state index contributed by atoms with van der Waals surface area (Å²) < 4.78 is 0. The molecule has 2 N–H and O–H groups in total. The normalized spacial score (nSPS) is 22.2. The fraction of sp³-hybridized carbons (Fsp3) is 0.529. The van der Waals surface area contributed by atoms with Gasteiger partial charge in [-0.3, -0.25) is 0 Å². The van der Waals surface area contributed by atoms with E-state index in [-0.39, 0.29) is 0 Å². The lowest BCUT2D eigenvalue weighted by Gasteiger charge is -2.23. The summed E-state index contributed by atoms with van der Waals surface area (Å²) in [4.78, 5) is 0. The van der Waals surface area contributed by atoms with Crippen LogP contribution < -0.4 is 10.6 Å². The van der Waals surface area contributed by atoms with Crippen molar-refractivity contribution < 1.29 is 0 Å². The van der Waals surface area contributed by atoms with Crippen molar-refractivity contribution in [3.8, 4) is 0 Å². The Morgan fingerprint density at radius 2 is 1.84 bits per heavy atom. The molecule has 0 spiro atoms. The van der Waals surface area contributed by atoms with Crippen molar-refractivity contribution in [2.45, 2.75) is 39.0 Å². The predicted molar refractivity (Wildman–Crippen MR) is 83.6 cm³/mol. The van der Waals surface area contributed by atoms with Crippen LogP contribution in [0.4, 0.5) is 11.4 Å². The van der Waals surface area contributed by atoms with Gasteiger partial charge in [-0.15, -0.1) is 0 Å². The maximum Gasteiger partial charge on any atom is 0.0582 e. The lowest BCUT2D eigenvalue weighted by molar-refractivity contribution is 0.399. The molecule has 1 saturated carbocycles. The Kier molecular flexibility index (Phi) is 3.77. The van der Waals surface area contributed by atoms with E-state index < -0.39 is 0 Å². The molecule has 1 aromatic rings. The van der Waals surface area contributed by atoms with Gasteiger partial charge in [0.05, 0.1) is 11.4 Å². The van der Waals surface area contributed by atoms with Crippen LogP contribution in [0.3, 0.4) is 0 Å². The van der Waals surface area contributed by atoms with Gasteiger partial charge in [-0.05, 0) is 49.3 Å². The molecule has 1 aromatic carbocycles. The SMILES string of the molecule is CCC1CCC(=Cc2ccc3c(c2)NCCN3)CC1. The van der Waals surface area contributed by atoms with Crippen LogP contribution in [-0.4, -0.2) is 13.1 Å². The number of allylic oxidation sites excluding steroid dienone is 1. The number of benzene rings is 1. The average Bonchev–Trinajstić information content (AvgIpc) is 2.48. The summed E-state index contributed by atoms with van der Waals surface area (Å²) in [6.07, 6.45) is 9.10. The molecule has 1 aliphatic heterocycles. The van der Waals surface area contributed by atoms with Crippen molar-refractivity contribution >= 4 is 17.5 Å².